The van der Waals surface area contributed by atoms with Crippen LogP contribution in [0.5, 0.6) is 0 Å². The van der Waals surface area contributed by atoms with Gasteiger partial charge in [0.2, 0.25) is 5.91 Å². The van der Waals surface area contributed by atoms with Crippen LogP contribution in [0.3, 0.4) is 0 Å². The summed E-state index contributed by atoms with van der Waals surface area (Å²) in [6, 6.07) is 5.65. The molecule has 1 fully saturated rings. The van der Waals surface area contributed by atoms with Crippen molar-refractivity contribution in [3.8, 4) is 0 Å². The number of aliphatic carboxylic acids is 1. The molecule has 1 heterocycles. The number of nitrogens with one attached hydrogen (secondary N) is 1. The van der Waals surface area contributed by atoms with Gasteiger partial charge in [0.1, 0.15) is 6.04 Å². The van der Waals surface area contributed by atoms with Gasteiger partial charge in [0, 0.05) is 36.2 Å². The Morgan fingerprint density at radius 3 is 2.52 bits per heavy atom. The molecule has 112 valence electrons. The molecule has 1 aliphatic rings. The highest BCUT2D eigenvalue weighted by molar-refractivity contribution is 7.99. The number of carboxylic acid groups (broad SMARTS) is 1. The Morgan fingerprint density at radius 1 is 1.29 bits per heavy atom. The second-order valence-electron chi connectivity index (χ2n) is 4.69. The molecular formula is C14H16N2O4S. The van der Waals surface area contributed by atoms with Gasteiger partial charge >= 0.3 is 5.97 Å². The fourth-order valence-electron chi connectivity index (χ4n) is 2.12. The molecule has 2 amide bonds. The number of rotatable bonds is 3. The summed E-state index contributed by atoms with van der Waals surface area (Å²) in [5.41, 5.74) is 1.02. The van der Waals surface area contributed by atoms with Crippen LogP contribution in [-0.4, -0.2) is 51.9 Å². The van der Waals surface area contributed by atoms with Gasteiger partial charge in [-0.3, -0.25) is 9.59 Å². The Balaban J connectivity index is 2.14. The van der Waals surface area contributed by atoms with Crippen LogP contribution in [0.1, 0.15) is 17.3 Å². The van der Waals surface area contributed by atoms with Crippen molar-refractivity contribution in [3.63, 3.8) is 0 Å². The highest BCUT2D eigenvalue weighted by atomic mass is 32.2. The molecule has 0 aliphatic carbocycles. The zero-order valence-electron chi connectivity index (χ0n) is 11.5. The van der Waals surface area contributed by atoms with E-state index >= 15 is 0 Å². The van der Waals surface area contributed by atoms with Gasteiger partial charge in [0.25, 0.3) is 5.91 Å². The van der Waals surface area contributed by atoms with Crippen molar-refractivity contribution in [2.45, 2.75) is 13.0 Å². The van der Waals surface area contributed by atoms with Crippen LogP contribution in [0.4, 0.5) is 5.69 Å². The molecule has 1 aromatic carbocycles. The lowest BCUT2D eigenvalue weighted by molar-refractivity contribution is -0.141. The smallest absolute Gasteiger partial charge is 0.327 e. The first-order valence-corrected chi connectivity index (χ1v) is 7.63. The molecule has 6 nitrogen and oxygen atoms in total. The summed E-state index contributed by atoms with van der Waals surface area (Å²) in [6.07, 6.45) is 0. The fraction of sp³-hybridized carbons (Fsp3) is 0.357. The van der Waals surface area contributed by atoms with E-state index in [-0.39, 0.29) is 11.8 Å². The van der Waals surface area contributed by atoms with Crippen LogP contribution < -0.4 is 5.32 Å². The minimum absolute atomic E-state index is 0.187. The Kier molecular flexibility index (Phi) is 4.85. The maximum Gasteiger partial charge on any atom is 0.327 e. The molecule has 1 aromatic rings. The van der Waals surface area contributed by atoms with E-state index in [0.717, 1.165) is 5.75 Å². The number of carboxylic acids is 1. The molecular weight excluding hydrogens is 292 g/mol. The molecule has 7 heteroatoms. The Labute approximate surface area is 126 Å². The first-order chi connectivity index (χ1) is 9.99. The Morgan fingerprint density at radius 2 is 1.95 bits per heavy atom. The van der Waals surface area contributed by atoms with Crippen molar-refractivity contribution in [1.29, 1.82) is 0 Å². The molecule has 1 aliphatic heterocycles. The number of carbonyl (C=O) groups is 3. The number of thioether (sulfide) groups is 1. The molecule has 2 rings (SSSR count). The maximum absolute atomic E-state index is 12.4. The van der Waals surface area contributed by atoms with Crippen LogP contribution >= 0.6 is 11.8 Å². The van der Waals surface area contributed by atoms with Crippen LogP contribution in [0.2, 0.25) is 0 Å². The monoisotopic (exact) mass is 308 g/mol. The first-order valence-electron chi connectivity index (χ1n) is 6.48. The van der Waals surface area contributed by atoms with Crippen LogP contribution in [0.25, 0.3) is 0 Å². The van der Waals surface area contributed by atoms with Crippen molar-refractivity contribution >= 4 is 35.2 Å². The minimum atomic E-state index is -0.981. The third-order valence-corrected chi connectivity index (χ3v) is 4.15. The van der Waals surface area contributed by atoms with Gasteiger partial charge in [0.05, 0.1) is 0 Å². The number of carbonyl (C=O) groups excluding carboxylic acids is 2. The van der Waals surface area contributed by atoms with E-state index in [4.69, 9.17) is 0 Å². The molecule has 2 N–H and O–H groups in total. The summed E-state index contributed by atoms with van der Waals surface area (Å²) < 4.78 is 0. The number of anilines is 1. The number of hydrogen-bond acceptors (Lipinski definition) is 4. The zero-order chi connectivity index (χ0) is 15.4. The summed E-state index contributed by atoms with van der Waals surface area (Å²) in [4.78, 5) is 36.0. The van der Waals surface area contributed by atoms with Gasteiger partial charge in [-0.2, -0.15) is 11.8 Å². The average Bonchev–Trinajstić information content (AvgIpc) is 2.46. The van der Waals surface area contributed by atoms with Crippen molar-refractivity contribution in [1.82, 2.24) is 4.90 Å². The first kappa shape index (κ1) is 15.4. The van der Waals surface area contributed by atoms with Crippen molar-refractivity contribution in [2.24, 2.45) is 0 Å². The van der Waals surface area contributed by atoms with Gasteiger partial charge in [-0.1, -0.05) is 0 Å². The topological polar surface area (TPSA) is 86.7 Å². The highest BCUT2D eigenvalue weighted by Crippen LogP contribution is 2.20. The molecule has 1 unspecified atom stereocenters. The quantitative estimate of drug-likeness (QED) is 0.878. The SMILES string of the molecule is CC(=O)Nc1ccc(C(=O)N2CCSCC2C(=O)O)cc1. The lowest BCUT2D eigenvalue weighted by Gasteiger charge is -2.32. The van der Waals surface area contributed by atoms with E-state index in [1.165, 1.54) is 23.6 Å². The number of hydrogen-bond donors (Lipinski definition) is 2. The number of amides is 2. The predicted octanol–water partition coefficient (Wildman–Crippen LogP) is 1.29. The van der Waals surface area contributed by atoms with Crippen LogP contribution in [0.15, 0.2) is 24.3 Å². The number of nitrogens with zero attached hydrogens (tertiary/aromatic N) is 1. The maximum atomic E-state index is 12.4. The summed E-state index contributed by atoms with van der Waals surface area (Å²) in [5, 5.41) is 11.8. The molecule has 0 aromatic heterocycles. The highest BCUT2D eigenvalue weighted by Gasteiger charge is 2.32. The summed E-state index contributed by atoms with van der Waals surface area (Å²) >= 11 is 1.53. The molecule has 0 saturated carbocycles. The van der Waals surface area contributed by atoms with Gasteiger partial charge in [0.15, 0.2) is 0 Å². The van der Waals surface area contributed by atoms with Crippen LogP contribution in [-0.2, 0) is 9.59 Å². The van der Waals surface area contributed by atoms with E-state index < -0.39 is 12.0 Å². The standard InChI is InChI=1S/C14H16N2O4S/c1-9(17)15-11-4-2-10(3-5-11)13(18)16-6-7-21-8-12(16)14(19)20/h2-5,12H,6-8H2,1H3,(H,15,17)(H,19,20). The van der Waals surface area contributed by atoms with E-state index in [2.05, 4.69) is 5.32 Å². The summed E-state index contributed by atoms with van der Waals surface area (Å²) in [7, 11) is 0. The van der Waals surface area contributed by atoms with Gasteiger partial charge < -0.3 is 15.3 Å². The zero-order valence-corrected chi connectivity index (χ0v) is 12.4. The number of benzene rings is 1. The van der Waals surface area contributed by atoms with E-state index in [0.29, 0.717) is 23.5 Å². The van der Waals surface area contributed by atoms with Crippen molar-refractivity contribution < 1.29 is 19.5 Å². The Hall–Kier alpha value is -2.02. The molecule has 1 saturated heterocycles. The largest absolute Gasteiger partial charge is 0.480 e. The molecule has 21 heavy (non-hydrogen) atoms. The predicted molar refractivity (Wildman–Crippen MR) is 80.5 cm³/mol. The molecule has 0 radical (unpaired) electrons. The van der Waals surface area contributed by atoms with Crippen molar-refractivity contribution in [3.05, 3.63) is 29.8 Å². The minimum Gasteiger partial charge on any atom is -0.480 e. The summed E-state index contributed by atoms with van der Waals surface area (Å²) in [6.45, 7) is 1.83. The third-order valence-electron chi connectivity index (χ3n) is 3.13. The third kappa shape index (κ3) is 3.75. The van der Waals surface area contributed by atoms with E-state index in [1.54, 1.807) is 24.3 Å². The normalized spacial score (nSPS) is 18.1. The van der Waals surface area contributed by atoms with E-state index in [9.17, 15) is 19.5 Å². The van der Waals surface area contributed by atoms with E-state index in [1.807, 2.05) is 0 Å². The molecule has 0 spiro atoms. The lowest BCUT2D eigenvalue weighted by Crippen LogP contribution is -2.50. The summed E-state index contributed by atoms with van der Waals surface area (Å²) in [5.74, 6) is -0.319. The lowest BCUT2D eigenvalue weighted by atomic mass is 10.1. The van der Waals surface area contributed by atoms with Crippen molar-refractivity contribution in [2.75, 3.05) is 23.4 Å². The molecule has 0 bridgehead atoms. The Bertz CT molecular complexity index is 559. The van der Waals surface area contributed by atoms with Crippen LogP contribution in [0, 0.1) is 0 Å². The fourth-order valence-corrected chi connectivity index (χ4v) is 3.15. The van der Waals surface area contributed by atoms with Gasteiger partial charge in [-0.25, -0.2) is 4.79 Å². The second-order valence-corrected chi connectivity index (χ2v) is 5.84. The second kappa shape index (κ2) is 6.62. The average molecular weight is 308 g/mol. The van der Waals surface area contributed by atoms with Gasteiger partial charge in [-0.05, 0) is 24.3 Å². The molecule has 1 atom stereocenters. The van der Waals surface area contributed by atoms with Gasteiger partial charge in [-0.15, -0.1) is 0 Å².